The van der Waals surface area contributed by atoms with Gasteiger partial charge in [-0.05, 0) is 49.9 Å². The topological polar surface area (TPSA) is 9.23 Å². The molecule has 1 nitrogen and oxygen atoms in total. The van der Waals surface area contributed by atoms with Gasteiger partial charge in [-0.2, -0.15) is 0 Å². The highest BCUT2D eigenvalue weighted by Crippen LogP contribution is 2.56. The molecule has 132 valence electrons. The second-order valence-electron chi connectivity index (χ2n) is 7.88. The van der Waals surface area contributed by atoms with Crippen LogP contribution >= 0.6 is 0 Å². The summed E-state index contributed by atoms with van der Waals surface area (Å²) in [7, 11) is 0. The van der Waals surface area contributed by atoms with Crippen molar-refractivity contribution in [1.29, 1.82) is 0 Å². The Hall–Kier alpha value is -2.54. The molecule has 1 heterocycles. The second kappa shape index (κ2) is 6.02. The van der Waals surface area contributed by atoms with E-state index in [1.165, 1.54) is 33.4 Å². The smallest absolute Gasteiger partial charge is 0.131 e. The van der Waals surface area contributed by atoms with Crippen LogP contribution in [0.1, 0.15) is 47.2 Å². The van der Waals surface area contributed by atoms with Crippen LogP contribution in [0.15, 0.2) is 60.7 Å². The highest BCUT2D eigenvalue weighted by Gasteiger charge is 2.46. The summed E-state index contributed by atoms with van der Waals surface area (Å²) >= 11 is 0. The van der Waals surface area contributed by atoms with E-state index in [1.807, 2.05) is 0 Å². The standard InChI is InChI=1S/C25H26O/c1-16(2)25(20-9-7-6-8-19(20)5)21-14-17(3)10-12-23(21)26-24-13-11-18(4)15-22(24)25/h6-16H,1-5H3. The lowest BCUT2D eigenvalue weighted by Crippen LogP contribution is -2.38. The Bertz CT molecular complexity index is 930. The summed E-state index contributed by atoms with van der Waals surface area (Å²) in [6.07, 6.45) is 0. The van der Waals surface area contributed by atoms with Crippen LogP contribution in [-0.4, -0.2) is 0 Å². The lowest BCUT2D eigenvalue weighted by Gasteiger charge is -2.45. The van der Waals surface area contributed by atoms with Crippen molar-refractivity contribution in [3.8, 4) is 11.5 Å². The maximum absolute atomic E-state index is 6.35. The Labute approximate surface area is 156 Å². The minimum Gasteiger partial charge on any atom is -0.457 e. The number of hydrogen-bond donors (Lipinski definition) is 0. The molecule has 0 radical (unpaired) electrons. The van der Waals surface area contributed by atoms with Gasteiger partial charge in [0.15, 0.2) is 0 Å². The molecule has 0 N–H and O–H groups in total. The Morgan fingerprint density at radius 1 is 0.692 bits per heavy atom. The molecule has 1 aliphatic rings. The Kier molecular flexibility index (Phi) is 3.91. The third-order valence-electron chi connectivity index (χ3n) is 5.78. The summed E-state index contributed by atoms with van der Waals surface area (Å²) in [5.74, 6) is 2.33. The first kappa shape index (κ1) is 16.9. The van der Waals surface area contributed by atoms with Crippen molar-refractivity contribution in [2.24, 2.45) is 5.92 Å². The van der Waals surface area contributed by atoms with Crippen LogP contribution < -0.4 is 4.74 Å². The van der Waals surface area contributed by atoms with Gasteiger partial charge in [0.05, 0.1) is 5.41 Å². The van der Waals surface area contributed by atoms with Crippen molar-refractivity contribution >= 4 is 0 Å². The van der Waals surface area contributed by atoms with E-state index >= 15 is 0 Å². The molecule has 0 aromatic heterocycles. The van der Waals surface area contributed by atoms with Gasteiger partial charge < -0.3 is 4.74 Å². The van der Waals surface area contributed by atoms with Crippen molar-refractivity contribution in [2.45, 2.75) is 40.0 Å². The number of fused-ring (bicyclic) bond motifs is 2. The normalized spacial score (nSPS) is 14.5. The zero-order valence-electron chi connectivity index (χ0n) is 16.3. The van der Waals surface area contributed by atoms with Gasteiger partial charge in [0.25, 0.3) is 0 Å². The zero-order chi connectivity index (χ0) is 18.5. The lowest BCUT2D eigenvalue weighted by atomic mass is 9.60. The van der Waals surface area contributed by atoms with Crippen LogP contribution in [0, 0.1) is 26.7 Å². The van der Waals surface area contributed by atoms with Crippen LogP contribution in [0.3, 0.4) is 0 Å². The van der Waals surface area contributed by atoms with Gasteiger partial charge in [0.1, 0.15) is 11.5 Å². The Morgan fingerprint density at radius 3 is 1.73 bits per heavy atom. The van der Waals surface area contributed by atoms with E-state index in [0.29, 0.717) is 5.92 Å². The van der Waals surface area contributed by atoms with Gasteiger partial charge in [-0.25, -0.2) is 0 Å². The molecule has 0 saturated heterocycles. The van der Waals surface area contributed by atoms with Crippen molar-refractivity contribution in [3.63, 3.8) is 0 Å². The molecule has 0 saturated carbocycles. The van der Waals surface area contributed by atoms with E-state index in [4.69, 9.17) is 4.74 Å². The minimum absolute atomic E-state index is 0.216. The van der Waals surface area contributed by atoms with Gasteiger partial charge >= 0.3 is 0 Å². The quantitative estimate of drug-likeness (QED) is 0.503. The van der Waals surface area contributed by atoms with Crippen LogP contribution in [0.4, 0.5) is 0 Å². The summed E-state index contributed by atoms with van der Waals surface area (Å²) in [5, 5.41) is 0. The molecular weight excluding hydrogens is 316 g/mol. The van der Waals surface area contributed by atoms with Crippen molar-refractivity contribution < 1.29 is 4.74 Å². The molecule has 0 fully saturated rings. The number of ether oxygens (including phenoxy) is 1. The van der Waals surface area contributed by atoms with E-state index < -0.39 is 0 Å². The maximum Gasteiger partial charge on any atom is 0.131 e. The highest BCUT2D eigenvalue weighted by molar-refractivity contribution is 5.65. The predicted molar refractivity (Wildman–Crippen MR) is 108 cm³/mol. The lowest BCUT2D eigenvalue weighted by molar-refractivity contribution is 0.360. The summed E-state index contributed by atoms with van der Waals surface area (Å²) in [5.41, 5.74) is 7.57. The van der Waals surface area contributed by atoms with Gasteiger partial charge in [-0.15, -0.1) is 0 Å². The summed E-state index contributed by atoms with van der Waals surface area (Å²) in [6.45, 7) is 11.2. The third-order valence-corrected chi connectivity index (χ3v) is 5.78. The molecule has 3 aromatic carbocycles. The Balaban J connectivity index is 2.18. The number of benzene rings is 3. The van der Waals surface area contributed by atoms with E-state index in [0.717, 1.165) is 11.5 Å². The Morgan fingerprint density at radius 2 is 1.23 bits per heavy atom. The molecule has 0 bridgehead atoms. The molecule has 0 aliphatic carbocycles. The van der Waals surface area contributed by atoms with Crippen molar-refractivity contribution in [3.05, 3.63) is 94.0 Å². The average Bonchev–Trinajstić information content (AvgIpc) is 2.61. The second-order valence-corrected chi connectivity index (χ2v) is 7.88. The molecule has 0 amide bonds. The molecule has 0 atom stereocenters. The molecule has 0 spiro atoms. The van der Waals surface area contributed by atoms with Crippen LogP contribution in [0.5, 0.6) is 11.5 Å². The maximum atomic E-state index is 6.35. The fourth-order valence-corrected chi connectivity index (χ4v) is 4.58. The number of hydrogen-bond acceptors (Lipinski definition) is 1. The molecule has 1 aliphatic heterocycles. The number of rotatable bonds is 2. The minimum atomic E-state index is -0.216. The molecule has 1 heteroatoms. The molecule has 4 rings (SSSR count). The largest absolute Gasteiger partial charge is 0.457 e. The van der Waals surface area contributed by atoms with Gasteiger partial charge in [-0.3, -0.25) is 0 Å². The fourth-order valence-electron chi connectivity index (χ4n) is 4.58. The van der Waals surface area contributed by atoms with E-state index in [2.05, 4.69) is 95.3 Å². The summed E-state index contributed by atoms with van der Waals surface area (Å²) < 4.78 is 6.35. The van der Waals surface area contributed by atoms with Crippen LogP contribution in [-0.2, 0) is 5.41 Å². The van der Waals surface area contributed by atoms with Gasteiger partial charge in [0, 0.05) is 11.1 Å². The SMILES string of the molecule is Cc1ccc2c(c1)C(c1ccccc1C)(C(C)C)c1cc(C)ccc1O2. The van der Waals surface area contributed by atoms with Crippen molar-refractivity contribution in [1.82, 2.24) is 0 Å². The van der Waals surface area contributed by atoms with Gasteiger partial charge in [-0.1, -0.05) is 73.5 Å². The van der Waals surface area contributed by atoms with Gasteiger partial charge in [0.2, 0.25) is 0 Å². The fraction of sp³-hybridized carbons (Fsp3) is 0.280. The first-order chi connectivity index (χ1) is 12.4. The monoisotopic (exact) mass is 342 g/mol. The van der Waals surface area contributed by atoms with E-state index in [-0.39, 0.29) is 5.41 Å². The molecule has 0 unspecified atom stereocenters. The van der Waals surface area contributed by atoms with E-state index in [1.54, 1.807) is 0 Å². The zero-order valence-corrected chi connectivity index (χ0v) is 16.3. The van der Waals surface area contributed by atoms with Crippen molar-refractivity contribution in [2.75, 3.05) is 0 Å². The summed E-state index contributed by atoms with van der Waals surface area (Å²) in [4.78, 5) is 0. The van der Waals surface area contributed by atoms with Crippen LogP contribution in [0.25, 0.3) is 0 Å². The molecule has 3 aromatic rings. The first-order valence-corrected chi connectivity index (χ1v) is 9.41. The molecule has 26 heavy (non-hydrogen) atoms. The van der Waals surface area contributed by atoms with Crippen LogP contribution in [0.2, 0.25) is 0 Å². The van der Waals surface area contributed by atoms with E-state index in [9.17, 15) is 0 Å². The third kappa shape index (κ3) is 2.30. The first-order valence-electron chi connectivity index (χ1n) is 9.41. The predicted octanol–water partition coefficient (Wildman–Crippen LogP) is 6.71. The summed E-state index contributed by atoms with van der Waals surface area (Å²) in [6, 6.07) is 22.0. The molecular formula is C25H26O. The highest BCUT2D eigenvalue weighted by atomic mass is 16.5. The number of aryl methyl sites for hydroxylation is 3. The average molecular weight is 342 g/mol.